The molecule has 0 radical (unpaired) electrons. The van der Waals surface area contributed by atoms with Crippen LogP contribution in [0.4, 0.5) is 0 Å². The van der Waals surface area contributed by atoms with E-state index in [1.54, 1.807) is 44.2 Å². The molecular formula is C39H51NO13S2. The van der Waals surface area contributed by atoms with Crippen molar-refractivity contribution < 1.29 is 63.3 Å². The number of Topliss-reactive ketones (excluding diaryl/α,β-unsaturated/α-hetero) is 1. The first-order valence-corrected chi connectivity index (χ1v) is 21.2. The minimum Gasteiger partial charge on any atom is -0.459 e. The molecule has 2 saturated carbocycles. The predicted molar refractivity (Wildman–Crippen MR) is 200 cm³/mol. The molecule has 1 amide bonds. The summed E-state index contributed by atoms with van der Waals surface area (Å²) in [6.07, 6.45) is -9.04. The molecule has 2 aliphatic heterocycles. The van der Waals surface area contributed by atoms with Gasteiger partial charge < -0.3 is 44.7 Å². The van der Waals surface area contributed by atoms with Crippen LogP contribution in [-0.4, -0.2) is 116 Å². The largest absolute Gasteiger partial charge is 0.459 e. The molecular weight excluding hydrogens is 755 g/mol. The highest BCUT2D eigenvalue weighted by atomic mass is 33.1. The number of ether oxygens (including phenoxy) is 4. The van der Waals surface area contributed by atoms with Gasteiger partial charge in [-0.3, -0.25) is 19.2 Å². The number of fused-ring (bicyclic) bond motifs is 6. The quantitative estimate of drug-likeness (QED) is 0.126. The minimum atomic E-state index is -2.26. The summed E-state index contributed by atoms with van der Waals surface area (Å²) in [5.41, 5.74) is -6.80. The van der Waals surface area contributed by atoms with Crippen molar-refractivity contribution in [2.45, 2.75) is 127 Å². The van der Waals surface area contributed by atoms with Crippen molar-refractivity contribution >= 4 is 51.2 Å². The van der Waals surface area contributed by atoms with Crippen molar-refractivity contribution in [2.24, 2.45) is 16.7 Å². The fraction of sp³-hybridized carbons (Fsp3) is 0.667. The first kappa shape index (κ1) is 41.6. The van der Waals surface area contributed by atoms with E-state index in [9.17, 15) is 44.4 Å². The average Bonchev–Trinajstić information content (AvgIpc) is 3.12. The van der Waals surface area contributed by atoms with Gasteiger partial charge >= 0.3 is 17.9 Å². The van der Waals surface area contributed by atoms with E-state index in [1.165, 1.54) is 42.4 Å². The second-order valence-electron chi connectivity index (χ2n) is 16.1. The lowest BCUT2D eigenvalue weighted by atomic mass is 9.44. The van der Waals surface area contributed by atoms with E-state index in [0.717, 1.165) is 0 Å². The third kappa shape index (κ3) is 7.14. The monoisotopic (exact) mass is 805 g/mol. The molecule has 16 heteroatoms. The van der Waals surface area contributed by atoms with Crippen molar-refractivity contribution in [1.29, 1.82) is 0 Å². The Morgan fingerprint density at radius 3 is 2.24 bits per heavy atom. The molecule has 2 heterocycles. The Morgan fingerprint density at radius 1 is 0.964 bits per heavy atom. The molecule has 0 spiro atoms. The van der Waals surface area contributed by atoms with Crippen LogP contribution in [-0.2, 0) is 42.9 Å². The first-order valence-electron chi connectivity index (χ1n) is 18.7. The van der Waals surface area contributed by atoms with Gasteiger partial charge in [0.1, 0.15) is 30.0 Å². The van der Waals surface area contributed by atoms with Crippen LogP contribution in [0.15, 0.2) is 41.5 Å². The van der Waals surface area contributed by atoms with E-state index in [4.69, 9.17) is 18.9 Å². The number of amides is 1. The zero-order chi connectivity index (χ0) is 40.1. The van der Waals surface area contributed by atoms with E-state index in [1.807, 2.05) is 0 Å². The molecule has 3 bridgehead atoms. The highest BCUT2D eigenvalue weighted by Gasteiger charge is 2.78. The van der Waals surface area contributed by atoms with E-state index in [-0.39, 0.29) is 42.9 Å². The normalized spacial score (nSPS) is 40.2. The van der Waals surface area contributed by atoms with Crippen molar-refractivity contribution in [3.8, 4) is 0 Å². The molecule has 6 rings (SSSR count). The topological polar surface area (TPSA) is 215 Å². The zero-order valence-corrected chi connectivity index (χ0v) is 33.3. The van der Waals surface area contributed by atoms with Gasteiger partial charge in [-0.2, -0.15) is 0 Å². The summed E-state index contributed by atoms with van der Waals surface area (Å²) in [5.74, 6) is -4.14. The molecule has 0 aromatic heterocycles. The Kier molecular flexibility index (Phi) is 11.9. The van der Waals surface area contributed by atoms with Gasteiger partial charge in [0.25, 0.3) is 0 Å². The number of carbonyl (C=O) groups is 5. The van der Waals surface area contributed by atoms with E-state index < -0.39 is 101 Å². The molecule has 55 heavy (non-hydrogen) atoms. The number of nitrogens with one attached hydrogen (secondary N) is 1. The first-order chi connectivity index (χ1) is 25.9. The predicted octanol–water partition coefficient (Wildman–Crippen LogP) is 2.49. The molecule has 302 valence electrons. The smallest absolute Gasteiger partial charge is 0.338 e. The third-order valence-corrected chi connectivity index (χ3v) is 15.1. The molecule has 0 unspecified atom stereocenters. The lowest BCUT2D eigenvalue weighted by Gasteiger charge is -2.67. The molecule has 1 aromatic rings. The van der Waals surface area contributed by atoms with E-state index in [2.05, 4.69) is 5.32 Å². The summed E-state index contributed by atoms with van der Waals surface area (Å²) in [5, 5.41) is 51.6. The van der Waals surface area contributed by atoms with Crippen LogP contribution < -0.4 is 5.32 Å². The number of aliphatic hydroxyl groups excluding tert-OH is 3. The van der Waals surface area contributed by atoms with Gasteiger partial charge in [0.05, 0.1) is 30.1 Å². The highest BCUT2D eigenvalue weighted by Crippen LogP contribution is 2.64. The second kappa shape index (κ2) is 15.7. The van der Waals surface area contributed by atoms with Crippen molar-refractivity contribution in [2.75, 3.05) is 18.1 Å². The molecule has 3 aliphatic carbocycles. The van der Waals surface area contributed by atoms with Gasteiger partial charge in [-0.15, -0.1) is 0 Å². The Bertz CT molecular complexity index is 1720. The van der Waals surface area contributed by atoms with Crippen LogP contribution in [0, 0.1) is 16.7 Å². The number of aliphatic hydroxyl groups is 4. The summed E-state index contributed by atoms with van der Waals surface area (Å²) >= 11 is 0. The summed E-state index contributed by atoms with van der Waals surface area (Å²) in [7, 11) is 3.04. The Balaban J connectivity index is 1.51. The maximum atomic E-state index is 14.9. The van der Waals surface area contributed by atoms with Crippen LogP contribution in [0.5, 0.6) is 0 Å². The third-order valence-electron chi connectivity index (χ3n) is 12.5. The summed E-state index contributed by atoms with van der Waals surface area (Å²) in [6.45, 7) is 7.06. The summed E-state index contributed by atoms with van der Waals surface area (Å²) in [4.78, 5) is 68.6. The number of hydrogen-bond donors (Lipinski definition) is 5. The molecule has 4 fully saturated rings. The highest BCUT2D eigenvalue weighted by molar-refractivity contribution is 8.76. The lowest BCUT2D eigenvalue weighted by molar-refractivity contribution is -0.347. The minimum absolute atomic E-state index is 0.0107. The molecule has 14 nitrogen and oxygen atoms in total. The molecule has 2 saturated heterocycles. The second-order valence-corrected chi connectivity index (χ2v) is 18.8. The lowest BCUT2D eigenvalue weighted by Crippen LogP contribution is -2.81. The number of ketones is 1. The fourth-order valence-electron chi connectivity index (χ4n) is 9.50. The van der Waals surface area contributed by atoms with Crippen molar-refractivity contribution in [3.05, 3.63) is 47.0 Å². The van der Waals surface area contributed by atoms with Gasteiger partial charge in [0.15, 0.2) is 17.5 Å². The molecule has 5 aliphatic rings. The van der Waals surface area contributed by atoms with Crippen LogP contribution in [0.2, 0.25) is 0 Å². The number of esters is 3. The van der Waals surface area contributed by atoms with E-state index >= 15 is 0 Å². The van der Waals surface area contributed by atoms with Crippen LogP contribution in [0.3, 0.4) is 0 Å². The average molecular weight is 806 g/mol. The van der Waals surface area contributed by atoms with Crippen molar-refractivity contribution in [1.82, 2.24) is 5.32 Å². The van der Waals surface area contributed by atoms with Crippen molar-refractivity contribution in [3.63, 3.8) is 0 Å². The standard InChI is InChI=1S/C39H51NO13S2/c1-20-23-18-39(49)34(32-37(5,33(47)30(45)28(20)36(39,3)4)24(42)17-25-38(32,19-50-25)53-21(2)41)52-27(44)14-10-16-55-54-15-9-13-26(43)40-29(31(46)35(48)51-23)22-11-7-6-8-12-22/h6-8,11-12,23-25,29-32,34,42,45-46,49H,9-10,13-19H2,1-5H3,(H,40,43)/t23-,24-,25+,29-,30+,31+,32-,34-,37+,38-,39+/m0/s1. The van der Waals surface area contributed by atoms with E-state index in [0.29, 0.717) is 29.9 Å². The Hall–Kier alpha value is -2.99. The van der Waals surface area contributed by atoms with Gasteiger partial charge in [0.2, 0.25) is 5.91 Å². The number of benzene rings is 1. The van der Waals surface area contributed by atoms with Gasteiger partial charge in [-0.1, -0.05) is 65.8 Å². The van der Waals surface area contributed by atoms with Gasteiger partial charge in [-0.25, -0.2) is 4.79 Å². The Labute approximate surface area is 327 Å². The SMILES string of the molecule is CC(=O)O[C@@]12CO[C@@H]1C[C@H](O)[C@@]1(C)C(=O)[C@H](O)C3=C(C)[C@@H]4C[C@@](O)([C@@H](OC(=O)CCCSSCCCC(=O)N[C@@H](c5ccccc5)[C@@H](O)C(=O)O4)[C@H]21)C3(C)C. The van der Waals surface area contributed by atoms with Crippen LogP contribution in [0.1, 0.15) is 84.7 Å². The van der Waals surface area contributed by atoms with Crippen LogP contribution >= 0.6 is 21.6 Å². The number of hydrogen-bond acceptors (Lipinski definition) is 15. The van der Waals surface area contributed by atoms with Crippen LogP contribution in [0.25, 0.3) is 0 Å². The fourth-order valence-corrected chi connectivity index (χ4v) is 11.7. The number of carbonyl (C=O) groups excluding carboxylic acids is 5. The maximum Gasteiger partial charge on any atom is 0.338 e. The molecule has 1 aromatic carbocycles. The molecule has 11 atom stereocenters. The summed E-state index contributed by atoms with van der Waals surface area (Å²) in [6, 6.07) is 7.23. The number of rotatable bonds is 2. The maximum absolute atomic E-state index is 14.9. The molecule has 5 N–H and O–H groups in total. The van der Waals surface area contributed by atoms with Gasteiger partial charge in [0, 0.05) is 49.5 Å². The zero-order valence-electron chi connectivity index (χ0n) is 31.6. The van der Waals surface area contributed by atoms with Gasteiger partial charge in [-0.05, 0) is 43.4 Å². The Morgan fingerprint density at radius 2 is 1.62 bits per heavy atom. The summed E-state index contributed by atoms with van der Waals surface area (Å²) < 4.78 is 24.1.